The highest BCUT2D eigenvalue weighted by Crippen LogP contribution is 2.30. The SMILES string of the molecule is CC1=NN(c2ccc(Cl)c(Cl)c2)C(=O)/C1=C/c1ccc(Br)cc1. The van der Waals surface area contributed by atoms with Gasteiger partial charge in [0.1, 0.15) is 0 Å². The number of carbonyl (C=O) groups excluding carboxylic acids is 1. The van der Waals surface area contributed by atoms with Crippen molar-refractivity contribution in [2.45, 2.75) is 6.92 Å². The van der Waals surface area contributed by atoms with Gasteiger partial charge in [-0.2, -0.15) is 10.1 Å². The minimum absolute atomic E-state index is 0.191. The molecule has 2 aromatic carbocycles. The molecule has 1 heterocycles. The Labute approximate surface area is 152 Å². The molecule has 6 heteroatoms. The van der Waals surface area contributed by atoms with E-state index in [9.17, 15) is 4.79 Å². The van der Waals surface area contributed by atoms with Crippen molar-refractivity contribution in [3.05, 3.63) is 68.1 Å². The standard InChI is InChI=1S/C17H11BrCl2N2O/c1-10-14(8-11-2-4-12(18)5-3-11)17(23)22(21-10)13-6-7-15(19)16(20)9-13/h2-9H,1H3/b14-8+. The molecule has 3 rings (SSSR count). The smallest absolute Gasteiger partial charge is 0.267 e. The molecule has 1 aliphatic heterocycles. The van der Waals surface area contributed by atoms with Gasteiger partial charge in [-0.1, -0.05) is 51.3 Å². The Kier molecular flexibility index (Phi) is 4.57. The van der Waals surface area contributed by atoms with Gasteiger partial charge in [0.25, 0.3) is 5.91 Å². The van der Waals surface area contributed by atoms with E-state index in [1.807, 2.05) is 30.3 Å². The molecule has 0 saturated carbocycles. The highest BCUT2D eigenvalue weighted by Gasteiger charge is 2.28. The first kappa shape index (κ1) is 16.2. The molecule has 1 aliphatic rings. The van der Waals surface area contributed by atoms with Crippen molar-refractivity contribution in [1.29, 1.82) is 0 Å². The fourth-order valence-electron chi connectivity index (χ4n) is 2.20. The van der Waals surface area contributed by atoms with E-state index in [2.05, 4.69) is 21.0 Å². The van der Waals surface area contributed by atoms with E-state index in [4.69, 9.17) is 23.2 Å². The first-order chi connectivity index (χ1) is 11.0. The monoisotopic (exact) mass is 408 g/mol. The summed E-state index contributed by atoms with van der Waals surface area (Å²) in [6.45, 7) is 1.81. The number of hydrogen-bond donors (Lipinski definition) is 0. The van der Waals surface area contributed by atoms with Crippen LogP contribution in [0.3, 0.4) is 0 Å². The van der Waals surface area contributed by atoms with Crippen LogP contribution in [0, 0.1) is 0 Å². The number of carbonyl (C=O) groups is 1. The average Bonchev–Trinajstić information content (AvgIpc) is 2.80. The highest BCUT2D eigenvalue weighted by molar-refractivity contribution is 9.10. The Bertz CT molecular complexity index is 844. The van der Waals surface area contributed by atoms with Gasteiger partial charge in [0.15, 0.2) is 0 Å². The van der Waals surface area contributed by atoms with Crippen molar-refractivity contribution < 1.29 is 4.79 Å². The Morgan fingerprint density at radius 1 is 1.09 bits per heavy atom. The van der Waals surface area contributed by atoms with Gasteiger partial charge in [-0.05, 0) is 48.9 Å². The third-order valence-corrected chi connectivity index (χ3v) is 4.66. The van der Waals surface area contributed by atoms with E-state index in [0.717, 1.165) is 10.0 Å². The zero-order chi connectivity index (χ0) is 16.6. The highest BCUT2D eigenvalue weighted by atomic mass is 79.9. The van der Waals surface area contributed by atoms with Crippen LogP contribution in [0.15, 0.2) is 57.6 Å². The molecule has 2 aromatic rings. The van der Waals surface area contributed by atoms with Crippen LogP contribution in [0.2, 0.25) is 10.0 Å². The quantitative estimate of drug-likeness (QED) is 0.597. The van der Waals surface area contributed by atoms with Crippen molar-refractivity contribution >= 4 is 62.5 Å². The van der Waals surface area contributed by atoms with Crippen LogP contribution >= 0.6 is 39.1 Å². The summed E-state index contributed by atoms with van der Waals surface area (Å²) in [6, 6.07) is 12.7. The van der Waals surface area contributed by atoms with Crippen molar-refractivity contribution in [2.24, 2.45) is 5.10 Å². The van der Waals surface area contributed by atoms with E-state index < -0.39 is 0 Å². The van der Waals surface area contributed by atoms with Crippen LogP contribution in [0.5, 0.6) is 0 Å². The lowest BCUT2D eigenvalue weighted by Gasteiger charge is -2.12. The van der Waals surface area contributed by atoms with Gasteiger partial charge in [0.05, 0.1) is 27.0 Å². The molecule has 0 unspecified atom stereocenters. The lowest BCUT2D eigenvalue weighted by atomic mass is 10.1. The second-order valence-corrected chi connectivity index (χ2v) is 6.74. The summed E-state index contributed by atoms with van der Waals surface area (Å²) in [5, 5.41) is 6.49. The molecule has 0 saturated heterocycles. The first-order valence-corrected chi connectivity index (χ1v) is 8.33. The zero-order valence-electron chi connectivity index (χ0n) is 12.1. The minimum Gasteiger partial charge on any atom is -0.267 e. The number of nitrogens with zero attached hydrogens (tertiary/aromatic N) is 2. The van der Waals surface area contributed by atoms with E-state index in [-0.39, 0.29) is 5.91 Å². The summed E-state index contributed by atoms with van der Waals surface area (Å²) in [5.74, 6) is -0.191. The van der Waals surface area contributed by atoms with E-state index >= 15 is 0 Å². The van der Waals surface area contributed by atoms with E-state index in [0.29, 0.717) is 27.0 Å². The number of hydrogen-bond acceptors (Lipinski definition) is 2. The molecule has 0 bridgehead atoms. The van der Waals surface area contributed by atoms with E-state index in [1.165, 1.54) is 5.01 Å². The molecule has 0 aromatic heterocycles. The fraction of sp³-hybridized carbons (Fsp3) is 0.0588. The molecule has 0 spiro atoms. The first-order valence-electron chi connectivity index (χ1n) is 6.78. The number of hydrazone groups is 1. The van der Waals surface area contributed by atoms with Gasteiger partial charge in [0, 0.05) is 4.47 Å². The lowest BCUT2D eigenvalue weighted by Crippen LogP contribution is -2.21. The number of anilines is 1. The number of rotatable bonds is 2. The fourth-order valence-corrected chi connectivity index (χ4v) is 2.76. The largest absolute Gasteiger partial charge is 0.280 e. The maximum Gasteiger partial charge on any atom is 0.280 e. The van der Waals surface area contributed by atoms with Gasteiger partial charge >= 0.3 is 0 Å². The maximum atomic E-state index is 12.6. The molecule has 0 N–H and O–H groups in total. The Balaban J connectivity index is 1.94. The molecular weight excluding hydrogens is 399 g/mol. The van der Waals surface area contributed by atoms with Crippen LogP contribution in [0.1, 0.15) is 12.5 Å². The summed E-state index contributed by atoms with van der Waals surface area (Å²) in [6.07, 6.45) is 1.82. The Morgan fingerprint density at radius 3 is 2.43 bits per heavy atom. The summed E-state index contributed by atoms with van der Waals surface area (Å²) in [5.41, 5.74) is 2.73. The topological polar surface area (TPSA) is 32.7 Å². The molecule has 0 fully saturated rings. The molecule has 3 nitrogen and oxygen atoms in total. The van der Waals surface area contributed by atoms with Gasteiger partial charge < -0.3 is 0 Å². The molecule has 0 atom stereocenters. The van der Waals surface area contributed by atoms with Gasteiger partial charge in [-0.3, -0.25) is 4.79 Å². The van der Waals surface area contributed by atoms with Crippen LogP contribution < -0.4 is 5.01 Å². The molecule has 1 amide bonds. The van der Waals surface area contributed by atoms with Gasteiger partial charge in [-0.25, -0.2) is 0 Å². The van der Waals surface area contributed by atoms with Crippen molar-refractivity contribution in [2.75, 3.05) is 5.01 Å². The molecule has 0 radical (unpaired) electrons. The summed E-state index contributed by atoms with van der Waals surface area (Å²) >= 11 is 15.3. The normalized spacial score (nSPS) is 16.2. The molecule has 0 aliphatic carbocycles. The second kappa shape index (κ2) is 6.48. The second-order valence-electron chi connectivity index (χ2n) is 5.01. The molecule has 23 heavy (non-hydrogen) atoms. The predicted octanol–water partition coefficient (Wildman–Crippen LogP) is 5.56. The zero-order valence-corrected chi connectivity index (χ0v) is 15.2. The minimum atomic E-state index is -0.191. The molecule has 116 valence electrons. The molecular formula is C17H11BrCl2N2O. The van der Waals surface area contributed by atoms with Crippen molar-refractivity contribution in [3.8, 4) is 0 Å². The van der Waals surface area contributed by atoms with Gasteiger partial charge in [0.2, 0.25) is 0 Å². The summed E-state index contributed by atoms with van der Waals surface area (Å²) < 4.78 is 0.986. The van der Waals surface area contributed by atoms with Crippen molar-refractivity contribution in [1.82, 2.24) is 0 Å². The summed E-state index contributed by atoms with van der Waals surface area (Å²) in [7, 11) is 0. The maximum absolute atomic E-state index is 12.6. The van der Waals surface area contributed by atoms with Crippen LogP contribution in [-0.4, -0.2) is 11.6 Å². The van der Waals surface area contributed by atoms with Crippen LogP contribution in [-0.2, 0) is 4.79 Å². The predicted molar refractivity (Wildman–Crippen MR) is 99.2 cm³/mol. The lowest BCUT2D eigenvalue weighted by molar-refractivity contribution is -0.114. The number of benzene rings is 2. The number of halogens is 3. The summed E-state index contributed by atoms with van der Waals surface area (Å²) in [4.78, 5) is 12.6. The van der Waals surface area contributed by atoms with E-state index in [1.54, 1.807) is 25.1 Å². The van der Waals surface area contributed by atoms with Crippen LogP contribution in [0.25, 0.3) is 6.08 Å². The Hall–Kier alpha value is -1.62. The average molecular weight is 410 g/mol. The van der Waals surface area contributed by atoms with Crippen molar-refractivity contribution in [3.63, 3.8) is 0 Å². The third-order valence-electron chi connectivity index (χ3n) is 3.39. The Morgan fingerprint density at radius 2 is 1.78 bits per heavy atom. The van der Waals surface area contributed by atoms with Gasteiger partial charge in [-0.15, -0.1) is 0 Å². The van der Waals surface area contributed by atoms with Crippen LogP contribution in [0.4, 0.5) is 5.69 Å². The third kappa shape index (κ3) is 3.34. The number of amides is 1.